The average molecular weight is 396 g/mol. The van der Waals surface area contributed by atoms with Crippen LogP contribution in [0, 0.1) is 0 Å². The second-order valence-corrected chi connectivity index (χ2v) is 14.0. The molecule has 1 fully saturated rings. The molecule has 1 unspecified atom stereocenters. The smallest absolute Gasteiger partial charge is 0.353 e. The third-order valence-corrected chi connectivity index (χ3v) is 14.4. The van der Waals surface area contributed by atoms with Gasteiger partial charge in [-0.25, -0.2) is 0 Å². The maximum atomic E-state index is 6.26. The van der Waals surface area contributed by atoms with Crippen molar-refractivity contribution in [1.29, 1.82) is 0 Å². The maximum Gasteiger partial charge on any atom is 0.711 e. The van der Waals surface area contributed by atoms with Crippen LogP contribution in [-0.2, 0) is 30.2 Å². The fourth-order valence-electron chi connectivity index (χ4n) is 2.71. The molecule has 1 aliphatic heterocycles. The van der Waals surface area contributed by atoms with Gasteiger partial charge >= 0.3 is 18.1 Å². The van der Waals surface area contributed by atoms with E-state index in [2.05, 4.69) is 24.3 Å². The number of allylic oxidation sites excluding steroid dienone is 4. The van der Waals surface area contributed by atoms with Crippen molar-refractivity contribution in [2.24, 2.45) is 0 Å². The zero-order valence-corrected chi connectivity index (χ0v) is 17.9. The molecule has 0 bridgehead atoms. The third kappa shape index (κ3) is 4.42. The first-order valence-electron chi connectivity index (χ1n) is 7.97. The molecule has 0 saturated carbocycles. The normalized spacial score (nSPS) is 31.5. The van der Waals surface area contributed by atoms with E-state index in [0.29, 0.717) is 0 Å². The van der Waals surface area contributed by atoms with E-state index in [4.69, 9.17) is 30.2 Å². The Kier molecular flexibility index (Phi) is 7.33. The number of hydrogen-bond donors (Lipinski definition) is 0. The van der Waals surface area contributed by atoms with Gasteiger partial charge in [-0.3, -0.25) is 0 Å². The van der Waals surface area contributed by atoms with Crippen LogP contribution in [-0.4, -0.2) is 58.9 Å². The molecule has 24 heavy (non-hydrogen) atoms. The molecule has 1 atom stereocenters. The first kappa shape index (κ1) is 20.4. The predicted octanol–water partition coefficient (Wildman–Crippen LogP) is 3.04. The van der Waals surface area contributed by atoms with Crippen molar-refractivity contribution in [3.63, 3.8) is 0 Å². The van der Waals surface area contributed by atoms with Crippen molar-refractivity contribution < 1.29 is 30.2 Å². The van der Waals surface area contributed by atoms with E-state index in [-0.39, 0.29) is 5.66 Å². The van der Waals surface area contributed by atoms with Gasteiger partial charge in [0.05, 0.1) is 0 Å². The highest BCUT2D eigenvalue weighted by molar-refractivity contribution is 7.69. The van der Waals surface area contributed by atoms with Gasteiger partial charge in [0.2, 0.25) is 0 Å². The first-order valence-corrected chi connectivity index (χ1v) is 13.4. The van der Waals surface area contributed by atoms with Gasteiger partial charge in [-0.1, -0.05) is 18.2 Å². The lowest BCUT2D eigenvalue weighted by molar-refractivity contribution is -0.0187. The van der Waals surface area contributed by atoms with Gasteiger partial charge in [-0.15, -0.1) is 0 Å². The quantitative estimate of drug-likeness (QED) is 0.403. The molecule has 138 valence electrons. The van der Waals surface area contributed by atoms with Crippen LogP contribution in [0.2, 0.25) is 0 Å². The van der Waals surface area contributed by atoms with Gasteiger partial charge in [-0.05, 0) is 31.8 Å². The minimum absolute atomic E-state index is 0.0958. The Balaban J connectivity index is 2.36. The van der Waals surface area contributed by atoms with Gasteiger partial charge in [0, 0.05) is 28.4 Å². The van der Waals surface area contributed by atoms with E-state index in [0.717, 1.165) is 25.7 Å². The molecule has 1 heterocycles. The summed E-state index contributed by atoms with van der Waals surface area (Å²) >= 11 is 0. The van der Waals surface area contributed by atoms with Crippen LogP contribution < -0.4 is 0 Å². The van der Waals surface area contributed by atoms with Crippen molar-refractivity contribution in [3.05, 3.63) is 24.3 Å². The van der Waals surface area contributed by atoms with E-state index < -0.39 is 25.8 Å². The van der Waals surface area contributed by atoms with Gasteiger partial charge < -0.3 is 21.8 Å². The van der Waals surface area contributed by atoms with E-state index >= 15 is 0 Å². The highest BCUT2D eigenvalue weighted by atomic mass is 31.2. The molecule has 0 spiro atoms. The topological polar surface area (TPSA) is 64.6 Å². The molecule has 0 N–H and O–H groups in total. The van der Waals surface area contributed by atoms with Crippen LogP contribution in [0.3, 0.4) is 0 Å². The molecular formula is C14H28O7PSi2+. The summed E-state index contributed by atoms with van der Waals surface area (Å²) in [5.41, 5.74) is 0.0958. The van der Waals surface area contributed by atoms with Gasteiger partial charge in [0.15, 0.2) is 0 Å². The Labute approximate surface area is 147 Å². The summed E-state index contributed by atoms with van der Waals surface area (Å²) in [5.74, 6) is 0. The minimum Gasteiger partial charge on any atom is -0.353 e. The molecule has 1 saturated heterocycles. The molecule has 0 aromatic rings. The molecular weight excluding hydrogens is 367 g/mol. The Morgan fingerprint density at radius 3 is 1.88 bits per heavy atom. The SMILES string of the molecule is CO[Si]1(OC)O[Si](OC)(OC)O[P+](C)(C2/C=C\CC/C=C\CC2)O1. The molecule has 10 heteroatoms. The number of rotatable bonds is 5. The summed E-state index contributed by atoms with van der Waals surface area (Å²) in [6.45, 7) is 1.98. The van der Waals surface area contributed by atoms with E-state index in [1.807, 2.05) is 6.66 Å². The predicted molar refractivity (Wildman–Crippen MR) is 96.2 cm³/mol. The Morgan fingerprint density at radius 2 is 1.33 bits per heavy atom. The Morgan fingerprint density at radius 1 is 0.833 bits per heavy atom. The Hall–Kier alpha value is 0.0638. The van der Waals surface area contributed by atoms with Crippen molar-refractivity contribution in [2.45, 2.75) is 31.3 Å². The zero-order chi connectivity index (χ0) is 17.7. The molecule has 0 aromatic heterocycles. The van der Waals surface area contributed by atoms with Crippen LogP contribution in [0.25, 0.3) is 0 Å². The van der Waals surface area contributed by atoms with Crippen LogP contribution >= 0.6 is 7.72 Å². The van der Waals surface area contributed by atoms with Gasteiger partial charge in [0.25, 0.3) is 7.72 Å². The monoisotopic (exact) mass is 395 g/mol. The van der Waals surface area contributed by atoms with E-state index in [9.17, 15) is 0 Å². The average Bonchev–Trinajstić information content (AvgIpc) is 2.75. The highest BCUT2D eigenvalue weighted by Crippen LogP contribution is 2.69. The summed E-state index contributed by atoms with van der Waals surface area (Å²) < 4.78 is 40.4. The maximum absolute atomic E-state index is 6.26. The largest absolute Gasteiger partial charge is 0.711 e. The van der Waals surface area contributed by atoms with Crippen LogP contribution in [0.5, 0.6) is 0 Å². The molecule has 0 radical (unpaired) electrons. The Bertz CT molecular complexity index is 446. The van der Waals surface area contributed by atoms with E-state index in [1.54, 1.807) is 0 Å². The van der Waals surface area contributed by atoms with Crippen LogP contribution in [0.15, 0.2) is 24.3 Å². The second kappa shape index (κ2) is 8.63. The lowest BCUT2D eigenvalue weighted by Gasteiger charge is -2.41. The van der Waals surface area contributed by atoms with Crippen LogP contribution in [0.4, 0.5) is 0 Å². The zero-order valence-electron chi connectivity index (χ0n) is 15.0. The van der Waals surface area contributed by atoms with Crippen molar-refractivity contribution in [1.82, 2.24) is 0 Å². The molecule has 2 aliphatic rings. The van der Waals surface area contributed by atoms with Crippen molar-refractivity contribution >= 4 is 25.8 Å². The summed E-state index contributed by atoms with van der Waals surface area (Å²) in [7, 11) is -3.16. The standard InChI is InChI=1S/C14H28O7PSi2/c1-15-23(16-2)19-22(5,20-24(17-3,18-4)21-23)14-12-10-8-6-7-9-11-13-14/h6,8,11,13-14H,7,9-10,12H2,1-5H3/q+1/b8-6-,13-11-. The fraction of sp³-hybridized carbons (Fsp3) is 0.714. The lowest BCUT2D eigenvalue weighted by atomic mass is 10.2. The molecule has 2 rings (SSSR count). The fourth-order valence-corrected chi connectivity index (χ4v) is 13.9. The second-order valence-electron chi connectivity index (χ2n) is 5.63. The van der Waals surface area contributed by atoms with Crippen molar-refractivity contribution in [3.8, 4) is 0 Å². The first-order chi connectivity index (χ1) is 11.5. The molecule has 0 amide bonds. The number of hydrogen-bond acceptors (Lipinski definition) is 7. The summed E-state index contributed by atoms with van der Waals surface area (Å²) in [5, 5.41) is 0. The molecule has 0 aromatic carbocycles. The third-order valence-electron chi connectivity index (χ3n) is 4.09. The van der Waals surface area contributed by atoms with Gasteiger partial charge in [-0.2, -0.15) is 8.43 Å². The summed E-state index contributed by atoms with van der Waals surface area (Å²) in [6, 6.07) is 0. The minimum atomic E-state index is -3.38. The summed E-state index contributed by atoms with van der Waals surface area (Å²) in [4.78, 5) is 0. The van der Waals surface area contributed by atoms with E-state index in [1.165, 1.54) is 28.4 Å². The van der Waals surface area contributed by atoms with Gasteiger partial charge in [0.1, 0.15) is 12.3 Å². The summed E-state index contributed by atoms with van der Waals surface area (Å²) in [6.07, 6.45) is 12.7. The highest BCUT2D eigenvalue weighted by Gasteiger charge is 2.74. The van der Waals surface area contributed by atoms with Crippen molar-refractivity contribution in [2.75, 3.05) is 35.1 Å². The van der Waals surface area contributed by atoms with Crippen LogP contribution in [0.1, 0.15) is 25.7 Å². The molecule has 1 aliphatic carbocycles. The lowest BCUT2D eigenvalue weighted by Crippen LogP contribution is -2.64. The molecule has 7 nitrogen and oxygen atoms in total.